The standard InChI is InChI=1S/C21H30N6S/c1-5-27(6-2)11-7-8-15(3)23-21-24-16(4)12-20(26-21)25-17-9-10-18-19(13-17)28-14-22-18/h9-10,12-15H,5-8,11H2,1-4H3,(H2,23,24,25,26). The van der Waals surface area contributed by atoms with Crippen molar-refractivity contribution in [3.63, 3.8) is 0 Å². The van der Waals surface area contributed by atoms with E-state index in [9.17, 15) is 0 Å². The van der Waals surface area contributed by atoms with Gasteiger partial charge in [0.2, 0.25) is 5.95 Å². The van der Waals surface area contributed by atoms with Crippen molar-refractivity contribution in [2.24, 2.45) is 0 Å². The molecule has 0 aliphatic carbocycles. The molecule has 0 saturated heterocycles. The summed E-state index contributed by atoms with van der Waals surface area (Å²) in [7, 11) is 0. The number of hydrogen-bond acceptors (Lipinski definition) is 7. The number of fused-ring (bicyclic) bond motifs is 1. The quantitative estimate of drug-likeness (QED) is 0.497. The Morgan fingerprint density at radius 3 is 2.75 bits per heavy atom. The van der Waals surface area contributed by atoms with E-state index >= 15 is 0 Å². The molecule has 6 nitrogen and oxygen atoms in total. The molecule has 0 saturated carbocycles. The number of anilines is 3. The van der Waals surface area contributed by atoms with E-state index in [1.54, 1.807) is 11.3 Å². The molecular formula is C21H30N6S. The summed E-state index contributed by atoms with van der Waals surface area (Å²) in [5, 5.41) is 6.85. The van der Waals surface area contributed by atoms with Gasteiger partial charge >= 0.3 is 0 Å². The summed E-state index contributed by atoms with van der Waals surface area (Å²) in [6, 6.07) is 8.46. The number of aromatic nitrogens is 3. The SMILES string of the molecule is CCN(CC)CCCC(C)Nc1nc(C)cc(Nc2ccc3ncsc3c2)n1. The molecule has 3 aromatic rings. The number of nitrogens with one attached hydrogen (secondary N) is 2. The third-order valence-electron chi connectivity index (χ3n) is 4.84. The summed E-state index contributed by atoms with van der Waals surface area (Å²) >= 11 is 1.64. The molecule has 0 radical (unpaired) electrons. The largest absolute Gasteiger partial charge is 0.352 e. The molecule has 7 heteroatoms. The Balaban J connectivity index is 1.60. The van der Waals surface area contributed by atoms with Crippen LogP contribution in [0.25, 0.3) is 10.2 Å². The van der Waals surface area contributed by atoms with Crippen molar-refractivity contribution in [3.05, 3.63) is 35.5 Å². The zero-order chi connectivity index (χ0) is 19.9. The Hall–Kier alpha value is -2.25. The van der Waals surface area contributed by atoms with Gasteiger partial charge in [-0.25, -0.2) is 9.97 Å². The van der Waals surface area contributed by atoms with Gasteiger partial charge in [0.15, 0.2) is 0 Å². The lowest BCUT2D eigenvalue weighted by Gasteiger charge is -2.20. The summed E-state index contributed by atoms with van der Waals surface area (Å²) in [6.07, 6.45) is 2.26. The van der Waals surface area contributed by atoms with Crippen LogP contribution in [0.15, 0.2) is 29.8 Å². The highest BCUT2D eigenvalue weighted by Crippen LogP contribution is 2.24. The van der Waals surface area contributed by atoms with E-state index in [0.29, 0.717) is 12.0 Å². The van der Waals surface area contributed by atoms with Crippen LogP contribution in [0.2, 0.25) is 0 Å². The van der Waals surface area contributed by atoms with Crippen LogP contribution in [0.4, 0.5) is 17.5 Å². The number of hydrogen-bond donors (Lipinski definition) is 2. The Morgan fingerprint density at radius 1 is 1.14 bits per heavy atom. The highest BCUT2D eigenvalue weighted by atomic mass is 32.1. The first kappa shape index (κ1) is 20.5. The van der Waals surface area contributed by atoms with E-state index in [0.717, 1.165) is 53.5 Å². The Morgan fingerprint density at radius 2 is 1.96 bits per heavy atom. The molecule has 1 aromatic carbocycles. The monoisotopic (exact) mass is 398 g/mol. The van der Waals surface area contributed by atoms with Gasteiger partial charge in [-0.05, 0) is 64.5 Å². The summed E-state index contributed by atoms with van der Waals surface area (Å²) in [5.74, 6) is 1.48. The van der Waals surface area contributed by atoms with Gasteiger partial charge < -0.3 is 15.5 Å². The third kappa shape index (κ3) is 5.62. The van der Waals surface area contributed by atoms with Crippen molar-refractivity contribution in [1.82, 2.24) is 19.9 Å². The minimum Gasteiger partial charge on any atom is -0.352 e. The van der Waals surface area contributed by atoms with Crippen molar-refractivity contribution >= 4 is 39.0 Å². The van der Waals surface area contributed by atoms with Crippen LogP contribution in [0.5, 0.6) is 0 Å². The molecule has 0 fully saturated rings. The molecule has 0 aliphatic heterocycles. The average molecular weight is 399 g/mol. The molecular weight excluding hydrogens is 368 g/mol. The van der Waals surface area contributed by atoms with Crippen LogP contribution in [-0.4, -0.2) is 45.5 Å². The second-order valence-electron chi connectivity index (χ2n) is 7.09. The van der Waals surface area contributed by atoms with E-state index in [2.05, 4.69) is 57.3 Å². The zero-order valence-electron chi connectivity index (χ0n) is 17.2. The van der Waals surface area contributed by atoms with Crippen LogP contribution in [0.1, 0.15) is 39.3 Å². The van der Waals surface area contributed by atoms with Crippen LogP contribution in [0.3, 0.4) is 0 Å². The number of benzene rings is 1. The molecule has 2 N–H and O–H groups in total. The van der Waals surface area contributed by atoms with Crippen molar-refractivity contribution in [2.45, 2.75) is 46.6 Å². The lowest BCUT2D eigenvalue weighted by atomic mass is 10.2. The fraction of sp³-hybridized carbons (Fsp3) is 0.476. The smallest absolute Gasteiger partial charge is 0.225 e. The number of rotatable bonds is 10. The summed E-state index contributed by atoms with van der Waals surface area (Å²) in [6.45, 7) is 12.0. The normalized spacial score (nSPS) is 12.5. The van der Waals surface area contributed by atoms with Gasteiger partial charge in [0, 0.05) is 23.5 Å². The molecule has 3 rings (SSSR count). The maximum Gasteiger partial charge on any atom is 0.225 e. The molecule has 1 atom stereocenters. The Kier molecular flexibility index (Phi) is 7.17. The first-order valence-corrected chi connectivity index (χ1v) is 10.9. The predicted octanol–water partition coefficient (Wildman–Crippen LogP) is 5.06. The lowest BCUT2D eigenvalue weighted by molar-refractivity contribution is 0.295. The van der Waals surface area contributed by atoms with Gasteiger partial charge in [-0.2, -0.15) is 4.98 Å². The van der Waals surface area contributed by atoms with Crippen molar-refractivity contribution in [1.29, 1.82) is 0 Å². The van der Waals surface area contributed by atoms with E-state index < -0.39 is 0 Å². The lowest BCUT2D eigenvalue weighted by Crippen LogP contribution is -2.26. The number of aryl methyl sites for hydroxylation is 1. The molecule has 0 aliphatic rings. The zero-order valence-corrected chi connectivity index (χ0v) is 18.0. The van der Waals surface area contributed by atoms with Gasteiger partial charge in [0.25, 0.3) is 0 Å². The third-order valence-corrected chi connectivity index (χ3v) is 5.63. The Bertz CT molecular complexity index is 889. The van der Waals surface area contributed by atoms with Gasteiger partial charge in [-0.3, -0.25) is 0 Å². The fourth-order valence-electron chi connectivity index (χ4n) is 3.23. The number of thiazole rings is 1. The number of nitrogens with zero attached hydrogens (tertiary/aromatic N) is 4. The van der Waals surface area contributed by atoms with Crippen molar-refractivity contribution in [2.75, 3.05) is 30.3 Å². The van der Waals surface area contributed by atoms with E-state index in [-0.39, 0.29) is 0 Å². The van der Waals surface area contributed by atoms with Gasteiger partial charge in [-0.1, -0.05) is 13.8 Å². The van der Waals surface area contributed by atoms with Crippen molar-refractivity contribution < 1.29 is 0 Å². The maximum absolute atomic E-state index is 4.66. The minimum atomic E-state index is 0.332. The first-order valence-electron chi connectivity index (χ1n) is 10.0. The molecule has 2 heterocycles. The molecule has 28 heavy (non-hydrogen) atoms. The van der Waals surface area contributed by atoms with Crippen LogP contribution < -0.4 is 10.6 Å². The Labute approximate surface area is 171 Å². The molecule has 0 spiro atoms. The van der Waals surface area contributed by atoms with E-state index in [1.165, 1.54) is 6.42 Å². The fourth-order valence-corrected chi connectivity index (χ4v) is 3.95. The van der Waals surface area contributed by atoms with E-state index in [4.69, 9.17) is 0 Å². The topological polar surface area (TPSA) is 66.0 Å². The summed E-state index contributed by atoms with van der Waals surface area (Å²) < 4.78 is 1.16. The van der Waals surface area contributed by atoms with Gasteiger partial charge in [0.05, 0.1) is 15.7 Å². The van der Waals surface area contributed by atoms with Crippen molar-refractivity contribution in [3.8, 4) is 0 Å². The highest BCUT2D eigenvalue weighted by molar-refractivity contribution is 7.16. The van der Waals surface area contributed by atoms with Crippen LogP contribution >= 0.6 is 11.3 Å². The first-order chi connectivity index (χ1) is 13.6. The second kappa shape index (κ2) is 9.80. The van der Waals surface area contributed by atoms with Gasteiger partial charge in [0.1, 0.15) is 5.82 Å². The molecule has 0 bridgehead atoms. The van der Waals surface area contributed by atoms with Gasteiger partial charge in [-0.15, -0.1) is 11.3 Å². The molecule has 1 unspecified atom stereocenters. The highest BCUT2D eigenvalue weighted by Gasteiger charge is 2.08. The summed E-state index contributed by atoms with van der Waals surface area (Å²) in [5.41, 5.74) is 4.84. The average Bonchev–Trinajstić information content (AvgIpc) is 3.12. The van der Waals surface area contributed by atoms with E-state index in [1.807, 2.05) is 30.6 Å². The van der Waals surface area contributed by atoms with Crippen LogP contribution in [0, 0.1) is 6.92 Å². The van der Waals surface area contributed by atoms with Crippen LogP contribution in [-0.2, 0) is 0 Å². The minimum absolute atomic E-state index is 0.332. The molecule has 150 valence electrons. The maximum atomic E-state index is 4.66. The summed E-state index contributed by atoms with van der Waals surface area (Å²) in [4.78, 5) is 16.0. The predicted molar refractivity (Wildman–Crippen MR) is 120 cm³/mol. The molecule has 2 aromatic heterocycles. The molecule has 0 amide bonds. The second-order valence-corrected chi connectivity index (χ2v) is 7.98.